The second-order valence-corrected chi connectivity index (χ2v) is 6.10. The molecule has 0 atom stereocenters. The van der Waals surface area contributed by atoms with Gasteiger partial charge < -0.3 is 14.2 Å². The third-order valence-electron chi connectivity index (χ3n) is 4.33. The fourth-order valence-corrected chi connectivity index (χ4v) is 2.67. The number of H-pyrrole nitrogens is 1. The molecule has 8 heteroatoms. The molecule has 0 aliphatic carbocycles. The average Bonchev–Trinajstić information content (AvgIpc) is 3.27. The van der Waals surface area contributed by atoms with Gasteiger partial charge in [0.05, 0.1) is 32.7 Å². The maximum atomic E-state index is 12.4. The second kappa shape index (κ2) is 8.92. The lowest BCUT2D eigenvalue weighted by atomic mass is 10.1. The molecule has 0 unspecified atom stereocenters. The van der Waals surface area contributed by atoms with Crippen LogP contribution in [0.2, 0.25) is 0 Å². The summed E-state index contributed by atoms with van der Waals surface area (Å²) in [5.41, 5.74) is 5.76. The van der Waals surface area contributed by atoms with Crippen molar-refractivity contribution in [3.05, 3.63) is 59.8 Å². The Hall–Kier alpha value is -3.81. The Morgan fingerprint density at radius 1 is 0.966 bits per heavy atom. The Bertz CT molecular complexity index is 1030. The van der Waals surface area contributed by atoms with Gasteiger partial charge >= 0.3 is 0 Å². The number of aromatic amines is 1. The lowest BCUT2D eigenvalue weighted by Crippen LogP contribution is -2.19. The number of amides is 1. The van der Waals surface area contributed by atoms with Crippen molar-refractivity contribution in [3.8, 4) is 28.5 Å². The highest BCUT2D eigenvalue weighted by Crippen LogP contribution is 2.31. The molecular weight excluding hydrogens is 372 g/mol. The Labute approximate surface area is 168 Å². The second-order valence-electron chi connectivity index (χ2n) is 6.10. The molecule has 29 heavy (non-hydrogen) atoms. The number of rotatable bonds is 7. The van der Waals surface area contributed by atoms with Gasteiger partial charge in [0.25, 0.3) is 5.91 Å². The lowest BCUT2D eigenvalue weighted by molar-refractivity contribution is 0.0950. The monoisotopic (exact) mass is 394 g/mol. The van der Waals surface area contributed by atoms with Gasteiger partial charge in [-0.15, -0.1) is 0 Å². The van der Waals surface area contributed by atoms with E-state index in [1.54, 1.807) is 39.5 Å². The molecule has 1 aromatic heterocycles. The van der Waals surface area contributed by atoms with E-state index in [-0.39, 0.29) is 0 Å². The number of hydrogen-bond acceptors (Lipinski definition) is 6. The van der Waals surface area contributed by atoms with E-state index < -0.39 is 5.91 Å². The predicted molar refractivity (Wildman–Crippen MR) is 110 cm³/mol. The molecule has 2 aromatic carbocycles. The Balaban J connectivity index is 1.72. The topological polar surface area (TPSA) is 97.8 Å². The van der Waals surface area contributed by atoms with Crippen molar-refractivity contribution >= 4 is 11.6 Å². The van der Waals surface area contributed by atoms with Crippen LogP contribution in [0.15, 0.2) is 53.6 Å². The van der Waals surface area contributed by atoms with Gasteiger partial charge in [0.1, 0.15) is 11.4 Å². The third kappa shape index (κ3) is 4.55. The smallest absolute Gasteiger partial charge is 0.289 e. The SMILES string of the molecule is COc1ccc(/C(C)=N/NC(=O)c2cc(-c3ccc(OC)c(OC)c3)n[nH]2)cc1. The summed E-state index contributed by atoms with van der Waals surface area (Å²) >= 11 is 0. The quantitative estimate of drug-likeness (QED) is 0.473. The van der Waals surface area contributed by atoms with Gasteiger partial charge in [-0.1, -0.05) is 0 Å². The first-order chi connectivity index (χ1) is 14.0. The molecule has 0 fully saturated rings. The van der Waals surface area contributed by atoms with E-state index in [1.807, 2.05) is 37.3 Å². The van der Waals surface area contributed by atoms with Crippen molar-refractivity contribution in [1.29, 1.82) is 0 Å². The summed E-state index contributed by atoms with van der Waals surface area (Å²) in [6.07, 6.45) is 0. The molecule has 0 aliphatic heterocycles. The minimum Gasteiger partial charge on any atom is -0.497 e. The zero-order valence-corrected chi connectivity index (χ0v) is 16.6. The molecule has 0 saturated carbocycles. The first-order valence-corrected chi connectivity index (χ1v) is 8.82. The van der Waals surface area contributed by atoms with E-state index in [9.17, 15) is 4.79 Å². The van der Waals surface area contributed by atoms with Crippen LogP contribution in [0.25, 0.3) is 11.3 Å². The third-order valence-corrected chi connectivity index (χ3v) is 4.33. The molecule has 0 saturated heterocycles. The number of benzene rings is 2. The Kier molecular flexibility index (Phi) is 6.13. The fraction of sp³-hybridized carbons (Fsp3) is 0.190. The maximum absolute atomic E-state index is 12.4. The van der Waals surface area contributed by atoms with Crippen LogP contribution in [-0.2, 0) is 0 Å². The summed E-state index contributed by atoms with van der Waals surface area (Å²) in [5.74, 6) is 1.56. The van der Waals surface area contributed by atoms with Crippen molar-refractivity contribution in [3.63, 3.8) is 0 Å². The number of methoxy groups -OCH3 is 3. The molecule has 1 amide bonds. The van der Waals surface area contributed by atoms with Gasteiger partial charge in [0, 0.05) is 5.56 Å². The summed E-state index contributed by atoms with van der Waals surface area (Å²) in [6, 6.07) is 14.5. The van der Waals surface area contributed by atoms with Crippen LogP contribution < -0.4 is 19.6 Å². The number of carbonyl (C=O) groups excluding carboxylic acids is 1. The number of aromatic nitrogens is 2. The normalized spacial score (nSPS) is 11.1. The maximum Gasteiger partial charge on any atom is 0.289 e. The highest BCUT2D eigenvalue weighted by molar-refractivity contribution is 6.00. The molecule has 0 radical (unpaired) electrons. The minimum atomic E-state index is -0.392. The Morgan fingerprint density at radius 2 is 1.69 bits per heavy atom. The minimum absolute atomic E-state index is 0.293. The largest absolute Gasteiger partial charge is 0.497 e. The number of nitrogens with zero attached hydrogens (tertiary/aromatic N) is 2. The summed E-state index contributed by atoms with van der Waals surface area (Å²) in [5, 5.41) is 11.1. The molecule has 8 nitrogen and oxygen atoms in total. The van der Waals surface area contributed by atoms with Crippen LogP contribution in [-0.4, -0.2) is 43.1 Å². The van der Waals surface area contributed by atoms with Crippen LogP contribution in [0.1, 0.15) is 23.0 Å². The van der Waals surface area contributed by atoms with Crippen molar-refractivity contribution in [2.75, 3.05) is 21.3 Å². The van der Waals surface area contributed by atoms with Crippen LogP contribution >= 0.6 is 0 Å². The van der Waals surface area contributed by atoms with Crippen molar-refractivity contribution in [2.24, 2.45) is 5.10 Å². The van der Waals surface area contributed by atoms with Crippen molar-refractivity contribution in [1.82, 2.24) is 15.6 Å². The highest BCUT2D eigenvalue weighted by atomic mass is 16.5. The molecule has 0 spiro atoms. The number of carbonyl (C=O) groups is 1. The number of hydrogen-bond donors (Lipinski definition) is 2. The summed E-state index contributed by atoms with van der Waals surface area (Å²) in [4.78, 5) is 12.4. The van der Waals surface area contributed by atoms with Crippen LogP contribution in [0.5, 0.6) is 17.2 Å². The molecule has 150 valence electrons. The van der Waals surface area contributed by atoms with Gasteiger partial charge in [-0.05, 0) is 61.0 Å². The molecular formula is C21H22N4O4. The standard InChI is InChI=1S/C21H22N4O4/c1-13(14-5-8-16(27-2)9-6-14)22-25-21(26)18-12-17(23-24-18)15-7-10-19(28-3)20(11-15)29-4/h5-12H,1-4H3,(H,23,24)(H,25,26)/b22-13+. The van der Waals surface area contributed by atoms with E-state index in [2.05, 4.69) is 20.7 Å². The average molecular weight is 394 g/mol. The van der Waals surface area contributed by atoms with Gasteiger partial charge in [0.15, 0.2) is 11.5 Å². The predicted octanol–water partition coefficient (Wildman–Crippen LogP) is 3.26. The van der Waals surface area contributed by atoms with E-state index >= 15 is 0 Å². The van der Waals surface area contributed by atoms with Gasteiger partial charge in [-0.3, -0.25) is 9.89 Å². The summed E-state index contributed by atoms with van der Waals surface area (Å²) in [7, 11) is 4.74. The van der Waals surface area contributed by atoms with E-state index in [4.69, 9.17) is 14.2 Å². The number of hydrazone groups is 1. The molecule has 0 aliphatic rings. The molecule has 3 aromatic rings. The molecule has 0 bridgehead atoms. The Morgan fingerprint density at radius 3 is 2.34 bits per heavy atom. The van der Waals surface area contributed by atoms with Crippen molar-refractivity contribution in [2.45, 2.75) is 6.92 Å². The highest BCUT2D eigenvalue weighted by Gasteiger charge is 2.13. The van der Waals surface area contributed by atoms with E-state index in [1.165, 1.54) is 0 Å². The van der Waals surface area contributed by atoms with Gasteiger partial charge in [-0.2, -0.15) is 10.2 Å². The number of nitrogens with one attached hydrogen (secondary N) is 2. The molecule has 1 heterocycles. The number of ether oxygens (including phenoxy) is 3. The first-order valence-electron chi connectivity index (χ1n) is 8.82. The van der Waals surface area contributed by atoms with Crippen molar-refractivity contribution < 1.29 is 19.0 Å². The first kappa shape index (κ1) is 19.9. The fourth-order valence-electron chi connectivity index (χ4n) is 2.67. The zero-order valence-electron chi connectivity index (χ0n) is 16.6. The van der Waals surface area contributed by atoms with Gasteiger partial charge in [-0.25, -0.2) is 5.43 Å². The van der Waals surface area contributed by atoms with Crippen LogP contribution in [0.3, 0.4) is 0 Å². The summed E-state index contributed by atoms with van der Waals surface area (Å²) < 4.78 is 15.7. The molecule has 2 N–H and O–H groups in total. The summed E-state index contributed by atoms with van der Waals surface area (Å²) in [6.45, 7) is 1.81. The van der Waals surface area contributed by atoms with E-state index in [0.717, 1.165) is 16.9 Å². The van der Waals surface area contributed by atoms with Gasteiger partial charge in [0.2, 0.25) is 0 Å². The van der Waals surface area contributed by atoms with E-state index in [0.29, 0.717) is 28.6 Å². The zero-order chi connectivity index (χ0) is 20.8. The lowest BCUT2D eigenvalue weighted by Gasteiger charge is -2.08. The van der Waals surface area contributed by atoms with Crippen LogP contribution in [0.4, 0.5) is 0 Å². The molecule has 3 rings (SSSR count). The van der Waals surface area contributed by atoms with Crippen LogP contribution in [0, 0.1) is 0 Å².